The number of carbonyl (C=O) groups is 3. The zero-order chi connectivity index (χ0) is 23.7. The number of hydrogen-bond donors (Lipinski definition) is 3. The third kappa shape index (κ3) is 4.79. The molecule has 7 heteroatoms. The third-order valence-electron chi connectivity index (χ3n) is 7.43. The number of ether oxygens (including phenoxy) is 1. The number of carbonyl (C=O) groups excluding carboxylic acids is 2. The maximum atomic E-state index is 12.5. The number of nitrogens with one attached hydrogen (secondary N) is 2. The zero-order valence-corrected chi connectivity index (χ0v) is 19.1. The van der Waals surface area contributed by atoms with Crippen molar-refractivity contribution in [1.82, 2.24) is 10.6 Å². The van der Waals surface area contributed by atoms with Crippen LogP contribution in [0.2, 0.25) is 0 Å². The van der Waals surface area contributed by atoms with Crippen molar-refractivity contribution in [3.8, 4) is 11.1 Å². The molecule has 0 heterocycles. The van der Waals surface area contributed by atoms with E-state index in [9.17, 15) is 14.4 Å². The number of carboxylic acid groups (broad SMARTS) is 1. The fraction of sp³-hybridized carbons (Fsp3) is 0.444. The molecule has 3 aliphatic rings. The van der Waals surface area contributed by atoms with Crippen molar-refractivity contribution in [2.24, 2.45) is 5.92 Å². The quantitative estimate of drug-likeness (QED) is 0.545. The summed E-state index contributed by atoms with van der Waals surface area (Å²) < 4.78 is 5.64. The number of alkyl carbamates (subject to hydrolysis) is 1. The van der Waals surface area contributed by atoms with Crippen LogP contribution in [0.15, 0.2) is 48.5 Å². The predicted octanol–water partition coefficient (Wildman–Crippen LogP) is 4.21. The lowest BCUT2D eigenvalue weighted by atomic mass is 9.98. The van der Waals surface area contributed by atoms with Crippen molar-refractivity contribution in [2.45, 2.75) is 62.4 Å². The van der Waals surface area contributed by atoms with Crippen LogP contribution >= 0.6 is 0 Å². The maximum Gasteiger partial charge on any atom is 0.407 e. The molecule has 0 radical (unpaired) electrons. The Hall–Kier alpha value is -3.35. The van der Waals surface area contributed by atoms with E-state index in [0.717, 1.165) is 32.1 Å². The Bertz CT molecular complexity index is 1060. The fourth-order valence-electron chi connectivity index (χ4n) is 5.59. The zero-order valence-electron chi connectivity index (χ0n) is 19.1. The number of carboxylic acids is 1. The van der Waals surface area contributed by atoms with E-state index in [1.54, 1.807) is 0 Å². The van der Waals surface area contributed by atoms with Gasteiger partial charge in [-0.15, -0.1) is 0 Å². The molecule has 2 atom stereocenters. The van der Waals surface area contributed by atoms with Crippen molar-refractivity contribution in [1.29, 1.82) is 0 Å². The van der Waals surface area contributed by atoms with Gasteiger partial charge in [0, 0.05) is 18.4 Å². The summed E-state index contributed by atoms with van der Waals surface area (Å²) in [6.45, 7) is 0.282. The average Bonchev–Trinajstić information content (AvgIpc) is 3.26. The van der Waals surface area contributed by atoms with Crippen molar-refractivity contribution >= 4 is 18.0 Å². The molecular weight excluding hydrogens is 432 g/mol. The molecule has 34 heavy (non-hydrogen) atoms. The number of benzene rings is 2. The van der Waals surface area contributed by atoms with Crippen LogP contribution in [0.5, 0.6) is 0 Å². The van der Waals surface area contributed by atoms with Gasteiger partial charge in [0.15, 0.2) is 0 Å². The van der Waals surface area contributed by atoms with Crippen LogP contribution in [-0.4, -0.2) is 41.3 Å². The first-order chi connectivity index (χ1) is 16.4. The van der Waals surface area contributed by atoms with Gasteiger partial charge < -0.3 is 20.5 Å². The first kappa shape index (κ1) is 22.4. The smallest absolute Gasteiger partial charge is 0.407 e. The van der Waals surface area contributed by atoms with Gasteiger partial charge in [0.2, 0.25) is 5.91 Å². The minimum absolute atomic E-state index is 0.0117. The third-order valence-corrected chi connectivity index (χ3v) is 7.43. The molecule has 0 aromatic heterocycles. The summed E-state index contributed by atoms with van der Waals surface area (Å²) in [5.74, 6) is -0.769. The standard InChI is InChI=1S/C27H30N2O5/c30-24(29-27(11-12-27)15-25(31)32)14-17-9-10-18(13-17)28-26(33)34-16-23-21-7-3-1-5-19(21)20-6-2-4-8-22(20)23/h1-8,17-18,23H,9-16H2,(H,28,33)(H,29,30)(H,31,32). The Morgan fingerprint density at radius 3 is 2.24 bits per heavy atom. The molecule has 2 saturated carbocycles. The molecule has 7 nitrogen and oxygen atoms in total. The fourth-order valence-corrected chi connectivity index (χ4v) is 5.59. The molecule has 3 N–H and O–H groups in total. The first-order valence-corrected chi connectivity index (χ1v) is 12.1. The molecule has 0 bridgehead atoms. The lowest BCUT2D eigenvalue weighted by molar-refractivity contribution is -0.138. The topological polar surface area (TPSA) is 105 Å². The van der Waals surface area contributed by atoms with Gasteiger partial charge in [-0.3, -0.25) is 9.59 Å². The van der Waals surface area contributed by atoms with E-state index < -0.39 is 17.6 Å². The summed E-state index contributed by atoms with van der Waals surface area (Å²) in [7, 11) is 0. The Morgan fingerprint density at radius 1 is 0.971 bits per heavy atom. The summed E-state index contributed by atoms with van der Waals surface area (Å²) in [6.07, 6.45) is 3.76. The van der Waals surface area contributed by atoms with Crippen LogP contribution in [0.3, 0.4) is 0 Å². The molecule has 2 aromatic rings. The van der Waals surface area contributed by atoms with Gasteiger partial charge in [0.05, 0.1) is 12.0 Å². The van der Waals surface area contributed by atoms with Gasteiger partial charge in [-0.05, 0) is 60.3 Å². The molecule has 5 rings (SSSR count). The molecule has 0 saturated heterocycles. The van der Waals surface area contributed by atoms with E-state index in [2.05, 4.69) is 34.9 Å². The van der Waals surface area contributed by atoms with Gasteiger partial charge in [-0.2, -0.15) is 0 Å². The van der Waals surface area contributed by atoms with Gasteiger partial charge in [-0.1, -0.05) is 48.5 Å². The highest BCUT2D eigenvalue weighted by Gasteiger charge is 2.46. The van der Waals surface area contributed by atoms with E-state index >= 15 is 0 Å². The first-order valence-electron chi connectivity index (χ1n) is 12.1. The monoisotopic (exact) mass is 462 g/mol. The van der Waals surface area contributed by atoms with E-state index in [1.165, 1.54) is 22.3 Å². The molecule has 178 valence electrons. The highest BCUT2D eigenvalue weighted by Crippen LogP contribution is 2.44. The Morgan fingerprint density at radius 2 is 1.62 bits per heavy atom. The van der Waals surface area contributed by atoms with Crippen molar-refractivity contribution in [3.63, 3.8) is 0 Å². The number of aliphatic carboxylic acids is 1. The Labute approximate surface area is 198 Å². The number of fused-ring (bicyclic) bond motifs is 3. The molecule has 0 spiro atoms. The van der Waals surface area contributed by atoms with Gasteiger partial charge >= 0.3 is 12.1 Å². The molecular formula is C27H30N2O5. The summed E-state index contributed by atoms with van der Waals surface area (Å²) in [5, 5.41) is 14.9. The van der Waals surface area contributed by atoms with E-state index in [0.29, 0.717) is 6.42 Å². The highest BCUT2D eigenvalue weighted by molar-refractivity contribution is 5.80. The second-order valence-corrected chi connectivity index (χ2v) is 9.95. The number of amides is 2. The predicted molar refractivity (Wildman–Crippen MR) is 126 cm³/mol. The average molecular weight is 463 g/mol. The minimum atomic E-state index is -0.883. The molecule has 2 fully saturated rings. The second-order valence-electron chi connectivity index (χ2n) is 9.95. The summed E-state index contributed by atoms with van der Waals surface area (Å²) in [6, 6.07) is 16.5. The minimum Gasteiger partial charge on any atom is -0.481 e. The van der Waals surface area contributed by atoms with Crippen LogP contribution in [-0.2, 0) is 14.3 Å². The molecule has 2 amide bonds. The number of hydrogen-bond acceptors (Lipinski definition) is 4. The SMILES string of the molecule is O=C(O)CC1(NC(=O)CC2CCC(NC(=O)OCC3c4ccccc4-c4ccccc43)C2)CC1. The maximum absolute atomic E-state index is 12.5. The normalized spacial score (nSPS) is 21.9. The lowest BCUT2D eigenvalue weighted by Crippen LogP contribution is -2.39. The van der Waals surface area contributed by atoms with Gasteiger partial charge in [0.1, 0.15) is 6.61 Å². The van der Waals surface area contributed by atoms with Crippen LogP contribution in [0, 0.1) is 5.92 Å². The lowest BCUT2D eigenvalue weighted by Gasteiger charge is -2.18. The van der Waals surface area contributed by atoms with Crippen molar-refractivity contribution < 1.29 is 24.2 Å². The van der Waals surface area contributed by atoms with Gasteiger partial charge in [0.25, 0.3) is 0 Å². The largest absolute Gasteiger partial charge is 0.481 e. The van der Waals surface area contributed by atoms with E-state index in [4.69, 9.17) is 9.84 Å². The van der Waals surface area contributed by atoms with Crippen molar-refractivity contribution in [3.05, 3.63) is 59.7 Å². The van der Waals surface area contributed by atoms with Crippen LogP contribution in [0.25, 0.3) is 11.1 Å². The second kappa shape index (κ2) is 9.12. The Balaban J connectivity index is 1.09. The summed E-state index contributed by atoms with van der Waals surface area (Å²) >= 11 is 0. The molecule has 2 unspecified atom stereocenters. The number of rotatable bonds is 8. The van der Waals surface area contributed by atoms with E-state index in [1.807, 2.05) is 24.3 Å². The van der Waals surface area contributed by atoms with Crippen molar-refractivity contribution in [2.75, 3.05) is 6.61 Å². The highest BCUT2D eigenvalue weighted by atomic mass is 16.5. The molecule has 0 aliphatic heterocycles. The van der Waals surface area contributed by atoms with Crippen LogP contribution in [0.4, 0.5) is 4.79 Å². The van der Waals surface area contributed by atoms with Crippen LogP contribution < -0.4 is 10.6 Å². The summed E-state index contributed by atoms with van der Waals surface area (Å²) in [5.41, 5.74) is 4.21. The molecule has 3 aliphatic carbocycles. The van der Waals surface area contributed by atoms with Gasteiger partial charge in [-0.25, -0.2) is 4.79 Å². The van der Waals surface area contributed by atoms with E-state index in [-0.39, 0.29) is 36.8 Å². The summed E-state index contributed by atoms with van der Waals surface area (Å²) in [4.78, 5) is 35.9. The van der Waals surface area contributed by atoms with Crippen LogP contribution in [0.1, 0.15) is 62.0 Å². The molecule has 2 aromatic carbocycles. The Kier molecular flexibility index (Phi) is 6.02.